The fraction of sp³-hybridized carbons (Fsp3) is 0.286. The van der Waals surface area contributed by atoms with Crippen LogP contribution in [0.3, 0.4) is 0 Å². The molecule has 0 bridgehead atoms. The summed E-state index contributed by atoms with van der Waals surface area (Å²) in [7, 11) is 0. The molecular formula is C14H17N3OS. The highest BCUT2D eigenvalue weighted by atomic mass is 32.1. The molecule has 100 valence electrons. The number of carbonyl (C=O) groups excluding carboxylic acids is 1. The Hall–Kier alpha value is -1.88. The van der Waals surface area contributed by atoms with Crippen LogP contribution in [0.1, 0.15) is 40.7 Å². The third-order valence-corrected chi connectivity index (χ3v) is 3.60. The summed E-state index contributed by atoms with van der Waals surface area (Å²) < 4.78 is 0. The van der Waals surface area contributed by atoms with Crippen molar-refractivity contribution in [3.05, 3.63) is 45.8 Å². The van der Waals surface area contributed by atoms with E-state index in [1.807, 2.05) is 31.4 Å². The average Bonchev–Trinajstić information content (AvgIpc) is 2.88. The van der Waals surface area contributed by atoms with Gasteiger partial charge >= 0.3 is 0 Å². The third-order valence-electron chi connectivity index (χ3n) is 2.72. The number of hydrogen-bond donors (Lipinski definition) is 2. The lowest BCUT2D eigenvalue weighted by Gasteiger charge is -2.09. The van der Waals surface area contributed by atoms with Crippen LogP contribution >= 0.6 is 11.3 Å². The average molecular weight is 275 g/mol. The number of pyridine rings is 1. The molecule has 4 nitrogen and oxygen atoms in total. The van der Waals surface area contributed by atoms with E-state index in [0.717, 1.165) is 10.6 Å². The van der Waals surface area contributed by atoms with E-state index in [4.69, 9.17) is 5.73 Å². The lowest BCUT2D eigenvalue weighted by molar-refractivity contribution is 0.0951. The first-order valence-electron chi connectivity index (χ1n) is 6.14. The number of nitrogens with one attached hydrogen (secondary N) is 1. The highest BCUT2D eigenvalue weighted by molar-refractivity contribution is 7.09. The normalized spacial score (nSPS) is 10.7. The van der Waals surface area contributed by atoms with E-state index in [1.165, 1.54) is 0 Å². The molecule has 0 aliphatic heterocycles. The van der Waals surface area contributed by atoms with Crippen molar-refractivity contribution in [1.82, 2.24) is 10.3 Å². The molecule has 0 fully saturated rings. The predicted octanol–water partition coefficient (Wildman–Crippen LogP) is 2.78. The smallest absolute Gasteiger partial charge is 0.251 e. The third kappa shape index (κ3) is 3.54. The summed E-state index contributed by atoms with van der Waals surface area (Å²) in [6, 6.07) is 7.36. The molecule has 1 amide bonds. The molecule has 0 aliphatic carbocycles. The zero-order chi connectivity index (χ0) is 13.8. The number of carbonyl (C=O) groups is 1. The standard InChI is InChI=1S/C14H17N3OS/c1-9(2)12-6-10(7-13(15)17-12)14(18)16-8-11-4-3-5-19-11/h3-7,9H,8H2,1-2H3,(H2,15,17)(H,16,18). The second kappa shape index (κ2) is 5.84. The van der Waals surface area contributed by atoms with E-state index in [9.17, 15) is 4.79 Å². The number of nitrogen functional groups attached to an aromatic ring is 1. The van der Waals surface area contributed by atoms with Crippen LogP contribution in [0.4, 0.5) is 5.82 Å². The molecule has 3 N–H and O–H groups in total. The number of nitrogens with zero attached hydrogens (tertiary/aromatic N) is 1. The monoisotopic (exact) mass is 275 g/mol. The lowest BCUT2D eigenvalue weighted by Crippen LogP contribution is -2.23. The van der Waals surface area contributed by atoms with Crippen LogP contribution in [0.5, 0.6) is 0 Å². The Morgan fingerprint density at radius 2 is 2.26 bits per heavy atom. The number of nitrogens with two attached hydrogens (primary N) is 1. The molecule has 0 aliphatic rings. The van der Waals surface area contributed by atoms with Gasteiger partial charge in [0.15, 0.2) is 0 Å². The van der Waals surface area contributed by atoms with Crippen LogP contribution in [0.2, 0.25) is 0 Å². The van der Waals surface area contributed by atoms with Gasteiger partial charge in [-0.1, -0.05) is 19.9 Å². The topological polar surface area (TPSA) is 68.0 Å². The molecule has 0 saturated carbocycles. The van der Waals surface area contributed by atoms with E-state index in [-0.39, 0.29) is 11.8 Å². The molecule has 19 heavy (non-hydrogen) atoms. The fourth-order valence-corrected chi connectivity index (χ4v) is 2.33. The van der Waals surface area contributed by atoms with Crippen molar-refractivity contribution in [1.29, 1.82) is 0 Å². The van der Waals surface area contributed by atoms with Crippen molar-refractivity contribution in [3.8, 4) is 0 Å². The minimum absolute atomic E-state index is 0.121. The van der Waals surface area contributed by atoms with Gasteiger partial charge in [0.25, 0.3) is 5.91 Å². The summed E-state index contributed by atoms with van der Waals surface area (Å²) in [4.78, 5) is 17.4. The maximum atomic E-state index is 12.1. The molecule has 0 unspecified atom stereocenters. The Balaban J connectivity index is 2.10. The van der Waals surface area contributed by atoms with Gasteiger partial charge in [0.2, 0.25) is 0 Å². The summed E-state index contributed by atoms with van der Waals surface area (Å²) in [6.45, 7) is 4.58. The van der Waals surface area contributed by atoms with Gasteiger partial charge in [-0.2, -0.15) is 0 Å². The number of amides is 1. The summed E-state index contributed by atoms with van der Waals surface area (Å²) >= 11 is 1.62. The number of thiophene rings is 1. The van der Waals surface area contributed by atoms with E-state index >= 15 is 0 Å². The Morgan fingerprint density at radius 1 is 1.47 bits per heavy atom. The molecule has 2 heterocycles. The van der Waals surface area contributed by atoms with Crippen LogP contribution in [-0.4, -0.2) is 10.9 Å². The zero-order valence-corrected chi connectivity index (χ0v) is 11.8. The van der Waals surface area contributed by atoms with Crippen LogP contribution in [-0.2, 0) is 6.54 Å². The van der Waals surface area contributed by atoms with E-state index in [2.05, 4.69) is 10.3 Å². The summed E-state index contributed by atoms with van der Waals surface area (Å²) in [5, 5.41) is 4.87. The Labute approximate surface area is 116 Å². The first kappa shape index (κ1) is 13.5. The van der Waals surface area contributed by atoms with Crippen LogP contribution in [0.15, 0.2) is 29.6 Å². The second-order valence-corrected chi connectivity index (χ2v) is 5.65. The molecule has 0 radical (unpaired) electrons. The van der Waals surface area contributed by atoms with Crippen LogP contribution < -0.4 is 11.1 Å². The van der Waals surface area contributed by atoms with Gasteiger partial charge in [-0.25, -0.2) is 4.98 Å². The van der Waals surface area contributed by atoms with Gasteiger partial charge in [-0.05, 0) is 29.5 Å². The summed E-state index contributed by atoms with van der Waals surface area (Å²) in [6.07, 6.45) is 0. The lowest BCUT2D eigenvalue weighted by atomic mass is 10.1. The van der Waals surface area contributed by atoms with Crippen molar-refractivity contribution >= 4 is 23.1 Å². The molecular weight excluding hydrogens is 258 g/mol. The minimum atomic E-state index is -0.121. The highest BCUT2D eigenvalue weighted by Gasteiger charge is 2.10. The van der Waals surface area contributed by atoms with Crippen molar-refractivity contribution in [2.24, 2.45) is 0 Å². The first-order valence-corrected chi connectivity index (χ1v) is 7.02. The number of anilines is 1. The maximum Gasteiger partial charge on any atom is 0.251 e. The van der Waals surface area contributed by atoms with Crippen LogP contribution in [0.25, 0.3) is 0 Å². The quantitative estimate of drug-likeness (QED) is 0.901. The van der Waals surface area contributed by atoms with Crippen molar-refractivity contribution in [2.45, 2.75) is 26.3 Å². The molecule has 0 saturated heterocycles. The van der Waals surface area contributed by atoms with Gasteiger partial charge in [-0.3, -0.25) is 4.79 Å². The summed E-state index contributed by atoms with van der Waals surface area (Å²) in [5.41, 5.74) is 7.13. The predicted molar refractivity (Wildman–Crippen MR) is 78.2 cm³/mol. The van der Waals surface area contributed by atoms with Crippen LogP contribution in [0, 0.1) is 0 Å². The largest absolute Gasteiger partial charge is 0.384 e. The van der Waals surface area contributed by atoms with Gasteiger partial charge in [0.05, 0.1) is 6.54 Å². The Kier molecular flexibility index (Phi) is 4.16. The summed E-state index contributed by atoms with van der Waals surface area (Å²) in [5.74, 6) is 0.504. The van der Waals surface area contributed by atoms with Gasteiger partial charge < -0.3 is 11.1 Å². The molecule has 5 heteroatoms. The van der Waals surface area contributed by atoms with E-state index in [0.29, 0.717) is 17.9 Å². The Morgan fingerprint density at radius 3 is 2.89 bits per heavy atom. The van der Waals surface area contributed by atoms with Gasteiger partial charge in [0, 0.05) is 16.1 Å². The Bertz CT molecular complexity index is 564. The molecule has 2 aromatic heterocycles. The van der Waals surface area contributed by atoms with Crippen molar-refractivity contribution in [2.75, 3.05) is 5.73 Å². The minimum Gasteiger partial charge on any atom is -0.384 e. The molecule has 2 rings (SSSR count). The zero-order valence-electron chi connectivity index (χ0n) is 11.0. The molecule has 0 aromatic carbocycles. The van der Waals surface area contributed by atoms with E-state index < -0.39 is 0 Å². The van der Waals surface area contributed by atoms with E-state index in [1.54, 1.807) is 23.5 Å². The molecule has 0 atom stereocenters. The van der Waals surface area contributed by atoms with Crippen molar-refractivity contribution in [3.63, 3.8) is 0 Å². The SMILES string of the molecule is CC(C)c1cc(C(=O)NCc2cccs2)cc(N)n1. The number of rotatable bonds is 4. The van der Waals surface area contributed by atoms with Gasteiger partial charge in [-0.15, -0.1) is 11.3 Å². The first-order chi connectivity index (χ1) is 9.06. The van der Waals surface area contributed by atoms with Gasteiger partial charge in [0.1, 0.15) is 5.82 Å². The molecule has 0 spiro atoms. The number of hydrogen-bond acceptors (Lipinski definition) is 4. The second-order valence-electron chi connectivity index (χ2n) is 4.62. The fourth-order valence-electron chi connectivity index (χ4n) is 1.68. The van der Waals surface area contributed by atoms with Crippen molar-refractivity contribution < 1.29 is 4.79 Å². The maximum absolute atomic E-state index is 12.1. The highest BCUT2D eigenvalue weighted by Crippen LogP contribution is 2.16. The molecule has 2 aromatic rings. The number of aromatic nitrogens is 1.